The third kappa shape index (κ3) is 20.7. The van der Waals surface area contributed by atoms with Crippen LogP contribution in [0.5, 0.6) is 0 Å². The van der Waals surface area contributed by atoms with Gasteiger partial charge in [0.05, 0.1) is 13.3 Å². The molecule has 0 N–H and O–H groups in total. The normalized spacial score (nSPS) is 13.8. The molecule has 0 radical (unpaired) electrons. The van der Waals surface area contributed by atoms with Gasteiger partial charge in [0.1, 0.15) is 0 Å². The molecule has 0 fully saturated rings. The van der Waals surface area contributed by atoms with Gasteiger partial charge in [0, 0.05) is 41.9 Å². The summed E-state index contributed by atoms with van der Waals surface area (Å²) in [6, 6.07) is 8.73. The van der Waals surface area contributed by atoms with Gasteiger partial charge in [-0.15, -0.1) is 0 Å². The molecule has 1 aromatic carbocycles. The van der Waals surface area contributed by atoms with Crippen LogP contribution in [0.15, 0.2) is 54.0 Å². The lowest BCUT2D eigenvalue weighted by molar-refractivity contribution is 0.0579. The Hall–Kier alpha value is -2.04. The minimum absolute atomic E-state index is 0.524. The Kier molecular flexibility index (Phi) is 32.0. The zero-order valence-corrected chi connectivity index (χ0v) is 37.7. The molecule has 1 unspecified atom stereocenters. The summed E-state index contributed by atoms with van der Waals surface area (Å²) >= 11 is 0. The van der Waals surface area contributed by atoms with Gasteiger partial charge in [0.25, 0.3) is 0 Å². The van der Waals surface area contributed by atoms with Crippen LogP contribution in [0.4, 0.5) is 5.69 Å². The van der Waals surface area contributed by atoms with Crippen molar-refractivity contribution in [2.24, 2.45) is 5.92 Å². The van der Waals surface area contributed by atoms with E-state index in [0.717, 1.165) is 32.7 Å². The molecule has 1 aliphatic heterocycles. The quantitative estimate of drug-likeness (QED) is 0.142. The minimum Gasteiger partial charge on any atom is -0.332 e. The molecule has 294 valence electrons. The molecule has 0 saturated carbocycles. The second-order valence-electron chi connectivity index (χ2n) is 15.1. The van der Waals surface area contributed by atoms with E-state index < -0.39 is 0 Å². The fraction of sp³-hybridized carbons (Fsp3) is 0.739. The van der Waals surface area contributed by atoms with Crippen molar-refractivity contribution in [2.75, 3.05) is 24.8 Å². The SMILES string of the molecule is C/C(CC(C)C)=C(\C)N1C=CN(c2c(C(C)C)cccc2C(C)C)C1.C/C=C/CC.CC.CCC.CCC(C)N(CC)CN(C(C)C)C(C)C. The Bertz CT molecular complexity index is 996. The number of nitrogens with zero attached hydrogens (tertiary/aromatic N) is 4. The zero-order valence-electron chi connectivity index (χ0n) is 37.7. The van der Waals surface area contributed by atoms with E-state index in [9.17, 15) is 0 Å². The third-order valence-electron chi connectivity index (χ3n) is 8.89. The van der Waals surface area contributed by atoms with Gasteiger partial charge in [-0.2, -0.15) is 0 Å². The largest absolute Gasteiger partial charge is 0.332 e. The highest BCUT2D eigenvalue weighted by Crippen LogP contribution is 2.37. The lowest BCUT2D eigenvalue weighted by Gasteiger charge is -2.38. The van der Waals surface area contributed by atoms with Gasteiger partial charge in [-0.05, 0) is 110 Å². The predicted octanol–water partition coefficient (Wildman–Crippen LogP) is 14.4. The summed E-state index contributed by atoms with van der Waals surface area (Å²) in [6.45, 7) is 49.8. The average Bonchev–Trinajstić information content (AvgIpc) is 3.55. The van der Waals surface area contributed by atoms with E-state index in [-0.39, 0.29) is 0 Å². The Morgan fingerprint density at radius 3 is 1.58 bits per heavy atom. The molecule has 0 bridgehead atoms. The summed E-state index contributed by atoms with van der Waals surface area (Å²) in [5.74, 6) is 1.75. The van der Waals surface area contributed by atoms with Crippen LogP contribution in [-0.2, 0) is 0 Å². The first-order valence-electron chi connectivity index (χ1n) is 20.6. The summed E-state index contributed by atoms with van der Waals surface area (Å²) in [5, 5.41) is 0. The molecular formula is C46H90N4. The van der Waals surface area contributed by atoms with Crippen molar-refractivity contribution in [3.05, 3.63) is 65.1 Å². The second kappa shape index (κ2) is 30.6. The van der Waals surface area contributed by atoms with Gasteiger partial charge < -0.3 is 9.80 Å². The van der Waals surface area contributed by atoms with E-state index in [4.69, 9.17) is 0 Å². The van der Waals surface area contributed by atoms with Crippen molar-refractivity contribution in [1.82, 2.24) is 14.7 Å². The van der Waals surface area contributed by atoms with Crippen molar-refractivity contribution in [3.8, 4) is 0 Å². The molecule has 1 atom stereocenters. The fourth-order valence-electron chi connectivity index (χ4n) is 5.81. The van der Waals surface area contributed by atoms with Crippen LogP contribution in [0.25, 0.3) is 0 Å². The molecule has 50 heavy (non-hydrogen) atoms. The Labute approximate surface area is 316 Å². The maximum Gasteiger partial charge on any atom is 0.0986 e. The van der Waals surface area contributed by atoms with Crippen molar-refractivity contribution in [3.63, 3.8) is 0 Å². The first-order chi connectivity index (χ1) is 23.5. The van der Waals surface area contributed by atoms with Crippen molar-refractivity contribution in [1.29, 1.82) is 0 Å². The standard InChI is InChI=1S/C23H36N2.C13H30N2.C5H10.C3H8.C2H6/c1-16(2)14-19(7)20(8)24-12-13-25(15-24)23-21(17(3)4)10-9-11-22(23)18(5)6;1-8-13(7)14(9-2)10-15(11(3)4)12(5)6;1-3-5-4-2;1-3-2;1-2/h9-13,16-18H,14-15H2,1-8H3;11-13H,8-10H2,1-7H3;3,5H,4H2,1-2H3;3H2,1-2H3;1-2H3/b20-19-;;5-3+;;. The molecule has 0 spiro atoms. The number of hydrogen-bond acceptors (Lipinski definition) is 4. The molecule has 0 amide bonds. The molecule has 4 heteroatoms. The number of para-hydroxylation sites is 1. The fourth-order valence-corrected chi connectivity index (χ4v) is 5.81. The van der Waals surface area contributed by atoms with Gasteiger partial charge >= 0.3 is 0 Å². The molecule has 0 aromatic heterocycles. The highest BCUT2D eigenvalue weighted by atomic mass is 15.3. The Morgan fingerprint density at radius 1 is 0.780 bits per heavy atom. The van der Waals surface area contributed by atoms with Crippen LogP contribution in [0, 0.1) is 5.92 Å². The highest BCUT2D eigenvalue weighted by Gasteiger charge is 2.23. The number of benzene rings is 1. The van der Waals surface area contributed by atoms with Crippen molar-refractivity contribution in [2.45, 2.75) is 201 Å². The summed E-state index contributed by atoms with van der Waals surface area (Å²) in [7, 11) is 0. The van der Waals surface area contributed by atoms with Crippen LogP contribution in [0.1, 0.15) is 194 Å². The third-order valence-corrected chi connectivity index (χ3v) is 8.89. The van der Waals surface area contributed by atoms with Gasteiger partial charge in [0.2, 0.25) is 0 Å². The average molecular weight is 699 g/mol. The number of anilines is 1. The monoisotopic (exact) mass is 699 g/mol. The number of allylic oxidation sites excluding steroid dienone is 4. The van der Waals surface area contributed by atoms with E-state index in [1.54, 1.807) is 0 Å². The van der Waals surface area contributed by atoms with Crippen LogP contribution in [0.2, 0.25) is 0 Å². The predicted molar refractivity (Wildman–Crippen MR) is 232 cm³/mol. The smallest absolute Gasteiger partial charge is 0.0986 e. The lowest BCUT2D eigenvalue weighted by atomic mass is 9.92. The number of hydrogen-bond donors (Lipinski definition) is 0. The molecule has 4 nitrogen and oxygen atoms in total. The zero-order chi connectivity index (χ0) is 39.6. The lowest BCUT2D eigenvalue weighted by Crippen LogP contribution is -2.47. The van der Waals surface area contributed by atoms with E-state index >= 15 is 0 Å². The summed E-state index contributed by atoms with van der Waals surface area (Å²) in [4.78, 5) is 9.92. The van der Waals surface area contributed by atoms with Gasteiger partial charge in [-0.25, -0.2) is 0 Å². The Balaban J connectivity index is -0.000000748. The van der Waals surface area contributed by atoms with E-state index in [1.165, 1.54) is 40.9 Å². The minimum atomic E-state index is 0.524. The van der Waals surface area contributed by atoms with E-state index in [0.29, 0.717) is 35.9 Å². The molecule has 0 aliphatic carbocycles. The van der Waals surface area contributed by atoms with Gasteiger partial charge in [0.15, 0.2) is 0 Å². The topological polar surface area (TPSA) is 13.0 Å². The number of rotatable bonds is 14. The first-order valence-corrected chi connectivity index (χ1v) is 20.6. The van der Waals surface area contributed by atoms with Gasteiger partial charge in [-0.1, -0.05) is 132 Å². The molecule has 1 aromatic rings. The summed E-state index contributed by atoms with van der Waals surface area (Å²) in [6.07, 6.45) is 13.5. The molecule has 1 aliphatic rings. The summed E-state index contributed by atoms with van der Waals surface area (Å²) < 4.78 is 0. The molecule has 2 rings (SSSR count). The molecular weight excluding hydrogens is 609 g/mol. The van der Waals surface area contributed by atoms with Crippen molar-refractivity contribution < 1.29 is 0 Å². The maximum absolute atomic E-state index is 2.56. The van der Waals surface area contributed by atoms with Crippen LogP contribution in [-0.4, -0.2) is 52.7 Å². The molecule has 0 saturated heterocycles. The van der Waals surface area contributed by atoms with Gasteiger partial charge in [-0.3, -0.25) is 9.80 Å². The van der Waals surface area contributed by atoms with Crippen LogP contribution < -0.4 is 4.90 Å². The van der Waals surface area contributed by atoms with E-state index in [2.05, 4.69) is 187 Å². The van der Waals surface area contributed by atoms with Crippen LogP contribution >= 0.6 is 0 Å². The maximum atomic E-state index is 2.56. The van der Waals surface area contributed by atoms with Crippen LogP contribution in [0.3, 0.4) is 0 Å². The Morgan fingerprint density at radius 2 is 1.26 bits per heavy atom. The van der Waals surface area contributed by atoms with Crippen molar-refractivity contribution >= 4 is 5.69 Å². The highest BCUT2D eigenvalue weighted by molar-refractivity contribution is 5.64. The molecule has 1 heterocycles. The van der Waals surface area contributed by atoms with E-state index in [1.807, 2.05) is 20.8 Å². The second-order valence-corrected chi connectivity index (χ2v) is 15.1. The first kappa shape index (κ1) is 52.3. The summed E-state index contributed by atoms with van der Waals surface area (Å²) in [5.41, 5.74) is 7.17.